The molecule has 0 aromatic heterocycles. The molecule has 74 valence electrons. The molecule has 1 aliphatic carbocycles. The molecule has 0 saturated heterocycles. The molecule has 0 fully saturated rings. The number of ether oxygens (including phenoxy) is 1. The number of carbonyl (C=O) groups excluding carboxylic acids is 1. The summed E-state index contributed by atoms with van der Waals surface area (Å²) in [6.07, 6.45) is 6.38. The summed E-state index contributed by atoms with van der Waals surface area (Å²) in [6.45, 7) is 0. The molecule has 3 nitrogen and oxygen atoms in total. The molecule has 1 aliphatic rings. The lowest BCUT2D eigenvalue weighted by atomic mass is 9.93. The van der Waals surface area contributed by atoms with Crippen molar-refractivity contribution in [2.75, 3.05) is 7.11 Å². The van der Waals surface area contributed by atoms with Gasteiger partial charge in [-0.05, 0) is 25.7 Å². The highest BCUT2D eigenvalue weighted by atomic mass is 16.5. The Morgan fingerprint density at radius 1 is 1.46 bits per heavy atom. The second kappa shape index (κ2) is 5.02. The van der Waals surface area contributed by atoms with Gasteiger partial charge in [0.1, 0.15) is 0 Å². The fraction of sp³-hybridized carbons (Fsp3) is 0.700. The van der Waals surface area contributed by atoms with Crippen LogP contribution in [0.5, 0.6) is 0 Å². The van der Waals surface area contributed by atoms with E-state index in [2.05, 4.69) is 4.74 Å². The first-order valence-corrected chi connectivity index (χ1v) is 4.66. The van der Waals surface area contributed by atoms with Crippen LogP contribution in [-0.2, 0) is 9.53 Å². The molecule has 0 radical (unpaired) electrons. The van der Waals surface area contributed by atoms with E-state index in [1.165, 1.54) is 7.11 Å². The number of allylic oxidation sites excluding steroid dienone is 1. The predicted octanol–water partition coefficient (Wildman–Crippen LogP) is 1.27. The molecule has 13 heavy (non-hydrogen) atoms. The molecule has 0 heterocycles. The average molecular weight is 184 g/mol. The van der Waals surface area contributed by atoms with Gasteiger partial charge < -0.3 is 9.84 Å². The normalized spacial score (nSPS) is 31.5. The number of hydrogen-bond acceptors (Lipinski definition) is 3. The molecule has 0 aliphatic heterocycles. The van der Waals surface area contributed by atoms with Crippen LogP contribution < -0.4 is 0 Å². The fourth-order valence-electron chi connectivity index (χ4n) is 1.57. The summed E-state index contributed by atoms with van der Waals surface area (Å²) in [5.41, 5.74) is 0. The van der Waals surface area contributed by atoms with Crippen LogP contribution in [0.1, 0.15) is 25.7 Å². The largest absolute Gasteiger partial charge is 0.469 e. The number of aliphatic hydroxyl groups is 1. The molecule has 0 aromatic carbocycles. The van der Waals surface area contributed by atoms with Crippen LogP contribution in [0.25, 0.3) is 0 Å². The van der Waals surface area contributed by atoms with E-state index in [0.717, 1.165) is 19.3 Å². The summed E-state index contributed by atoms with van der Waals surface area (Å²) < 4.78 is 4.68. The number of methoxy groups -OCH3 is 1. The summed E-state index contributed by atoms with van der Waals surface area (Å²) in [5, 5.41) is 9.35. The van der Waals surface area contributed by atoms with E-state index in [1.54, 1.807) is 6.08 Å². The number of esters is 1. The van der Waals surface area contributed by atoms with Gasteiger partial charge in [0.25, 0.3) is 0 Å². The van der Waals surface area contributed by atoms with Crippen LogP contribution in [0.4, 0.5) is 0 Å². The molecule has 0 saturated carbocycles. The van der Waals surface area contributed by atoms with Crippen LogP contribution in [0, 0.1) is 5.92 Å². The smallest absolute Gasteiger partial charge is 0.308 e. The van der Waals surface area contributed by atoms with E-state index >= 15 is 0 Å². The fourth-order valence-corrected chi connectivity index (χ4v) is 1.57. The van der Waals surface area contributed by atoms with Gasteiger partial charge in [0, 0.05) is 0 Å². The van der Waals surface area contributed by atoms with Gasteiger partial charge in [-0.1, -0.05) is 12.2 Å². The Bertz CT molecular complexity index is 198. The van der Waals surface area contributed by atoms with Gasteiger partial charge in [-0.15, -0.1) is 0 Å². The average Bonchev–Trinajstić information content (AvgIpc) is 2.11. The van der Waals surface area contributed by atoms with E-state index in [1.807, 2.05) is 6.08 Å². The summed E-state index contributed by atoms with van der Waals surface area (Å²) in [7, 11) is 1.41. The van der Waals surface area contributed by atoms with Gasteiger partial charge in [-0.3, -0.25) is 4.79 Å². The summed E-state index contributed by atoms with van der Waals surface area (Å²) in [5.74, 6) is -0.188. The number of carbonyl (C=O) groups is 1. The molecule has 0 bridgehead atoms. The highest BCUT2D eigenvalue weighted by molar-refractivity contribution is 5.72. The third-order valence-electron chi connectivity index (χ3n) is 2.39. The highest BCUT2D eigenvalue weighted by Gasteiger charge is 2.20. The summed E-state index contributed by atoms with van der Waals surface area (Å²) in [4.78, 5) is 11.2. The van der Waals surface area contributed by atoms with Crippen molar-refractivity contribution in [2.45, 2.75) is 31.8 Å². The lowest BCUT2D eigenvalue weighted by molar-refractivity contribution is -0.146. The van der Waals surface area contributed by atoms with Crippen molar-refractivity contribution in [1.82, 2.24) is 0 Å². The first kappa shape index (κ1) is 10.3. The van der Waals surface area contributed by atoms with Crippen molar-refractivity contribution in [1.29, 1.82) is 0 Å². The van der Waals surface area contributed by atoms with Crippen molar-refractivity contribution in [3.05, 3.63) is 12.2 Å². The Balaban J connectivity index is 2.49. The maximum Gasteiger partial charge on any atom is 0.308 e. The quantitative estimate of drug-likeness (QED) is 0.493. The van der Waals surface area contributed by atoms with Crippen molar-refractivity contribution >= 4 is 5.97 Å². The monoisotopic (exact) mass is 184 g/mol. The molecular formula is C10H16O3. The predicted molar refractivity (Wildman–Crippen MR) is 49.1 cm³/mol. The SMILES string of the molecule is COC(=O)[C@@H]1CC/C=C\[C@H](O)CC1. The van der Waals surface area contributed by atoms with Gasteiger partial charge in [-0.25, -0.2) is 0 Å². The highest BCUT2D eigenvalue weighted by Crippen LogP contribution is 2.19. The first-order valence-electron chi connectivity index (χ1n) is 4.66. The minimum atomic E-state index is -0.396. The third-order valence-corrected chi connectivity index (χ3v) is 2.39. The molecule has 3 heteroatoms. The summed E-state index contributed by atoms with van der Waals surface area (Å²) >= 11 is 0. The van der Waals surface area contributed by atoms with Gasteiger partial charge >= 0.3 is 5.97 Å². The zero-order chi connectivity index (χ0) is 9.68. The van der Waals surface area contributed by atoms with E-state index < -0.39 is 6.10 Å². The molecule has 0 unspecified atom stereocenters. The van der Waals surface area contributed by atoms with Crippen LogP contribution >= 0.6 is 0 Å². The van der Waals surface area contributed by atoms with Crippen LogP contribution in [0.2, 0.25) is 0 Å². The maximum absolute atomic E-state index is 11.2. The molecule has 1 rings (SSSR count). The van der Waals surface area contributed by atoms with E-state index in [0.29, 0.717) is 6.42 Å². The number of aliphatic hydroxyl groups excluding tert-OH is 1. The second-order valence-electron chi connectivity index (χ2n) is 3.37. The van der Waals surface area contributed by atoms with Gasteiger partial charge in [-0.2, -0.15) is 0 Å². The van der Waals surface area contributed by atoms with Crippen molar-refractivity contribution < 1.29 is 14.6 Å². The topological polar surface area (TPSA) is 46.5 Å². The molecule has 0 aromatic rings. The zero-order valence-electron chi connectivity index (χ0n) is 7.90. The van der Waals surface area contributed by atoms with Crippen LogP contribution in [-0.4, -0.2) is 24.3 Å². The number of rotatable bonds is 1. The third kappa shape index (κ3) is 3.19. The Labute approximate surface area is 78.4 Å². The summed E-state index contributed by atoms with van der Waals surface area (Å²) in [6, 6.07) is 0. The van der Waals surface area contributed by atoms with E-state index in [4.69, 9.17) is 0 Å². The maximum atomic E-state index is 11.2. The second-order valence-corrected chi connectivity index (χ2v) is 3.37. The minimum Gasteiger partial charge on any atom is -0.469 e. The van der Waals surface area contributed by atoms with Crippen LogP contribution in [0.3, 0.4) is 0 Å². The molecule has 2 atom stereocenters. The van der Waals surface area contributed by atoms with E-state index in [-0.39, 0.29) is 11.9 Å². The van der Waals surface area contributed by atoms with Gasteiger partial charge in [0.2, 0.25) is 0 Å². The van der Waals surface area contributed by atoms with Crippen molar-refractivity contribution in [3.8, 4) is 0 Å². The van der Waals surface area contributed by atoms with Gasteiger partial charge in [0.15, 0.2) is 0 Å². The van der Waals surface area contributed by atoms with Crippen molar-refractivity contribution in [3.63, 3.8) is 0 Å². The minimum absolute atomic E-state index is 0.0374. The number of hydrogen-bond donors (Lipinski definition) is 1. The lowest BCUT2D eigenvalue weighted by Crippen LogP contribution is -2.19. The van der Waals surface area contributed by atoms with Crippen molar-refractivity contribution in [2.24, 2.45) is 5.92 Å². The Kier molecular flexibility index (Phi) is 3.96. The zero-order valence-corrected chi connectivity index (χ0v) is 7.90. The molecular weight excluding hydrogens is 168 g/mol. The van der Waals surface area contributed by atoms with E-state index in [9.17, 15) is 9.90 Å². The lowest BCUT2D eigenvalue weighted by Gasteiger charge is -2.16. The van der Waals surface area contributed by atoms with Gasteiger partial charge in [0.05, 0.1) is 19.1 Å². The Morgan fingerprint density at radius 3 is 2.92 bits per heavy atom. The Morgan fingerprint density at radius 2 is 2.23 bits per heavy atom. The standard InChI is InChI=1S/C10H16O3/c1-13-10(12)8-4-2-3-5-9(11)7-6-8/h3,5,8-9,11H,2,4,6-7H2,1H3/b5-3-/t8-,9+/m1/s1. The molecule has 1 N–H and O–H groups in total. The van der Waals surface area contributed by atoms with Crippen LogP contribution in [0.15, 0.2) is 12.2 Å². The molecule has 0 amide bonds. The Hall–Kier alpha value is -0.830. The first-order chi connectivity index (χ1) is 6.24. The molecule has 0 spiro atoms.